The molecule has 1 radical (unpaired) electrons. The number of anilines is 1. The van der Waals surface area contributed by atoms with Crippen molar-refractivity contribution in [2.45, 2.75) is 0 Å². The molecule has 10 heavy (non-hydrogen) atoms. The Morgan fingerprint density at radius 2 is 2.50 bits per heavy atom. The van der Waals surface area contributed by atoms with E-state index in [1.54, 1.807) is 24.5 Å². The van der Waals surface area contributed by atoms with E-state index in [4.69, 9.17) is 0 Å². The van der Waals surface area contributed by atoms with Crippen molar-refractivity contribution in [3.8, 4) is 0 Å². The molecule has 3 nitrogen and oxygen atoms in total. The average Bonchev–Trinajstić information content (AvgIpc) is 1.88. The predicted octanol–water partition coefficient (Wildman–Crippen LogP) is 0.854. The van der Waals surface area contributed by atoms with Crippen molar-refractivity contribution in [2.75, 3.05) is 5.32 Å². The molecular weight excluding hydrogens is 128 g/mol. The number of nitrogens with zero attached hydrogens (tertiary/aromatic N) is 1. The second-order valence-corrected chi connectivity index (χ2v) is 1.79. The van der Waals surface area contributed by atoms with Crippen LogP contribution >= 0.6 is 0 Å². The van der Waals surface area contributed by atoms with Gasteiger partial charge in [0.25, 0.3) is 0 Å². The fraction of sp³-hybridized carbons (Fsp3) is 0. The Hall–Kier alpha value is -1.38. The van der Waals surface area contributed by atoms with Crippen molar-refractivity contribution in [3.63, 3.8) is 0 Å². The summed E-state index contributed by atoms with van der Waals surface area (Å²) >= 11 is 0. The van der Waals surface area contributed by atoms with Gasteiger partial charge in [-0.3, -0.25) is 9.78 Å². The van der Waals surface area contributed by atoms with Crippen molar-refractivity contribution in [3.05, 3.63) is 31.5 Å². The molecule has 0 saturated carbocycles. The number of hydrogen-bond acceptors (Lipinski definition) is 2. The number of amides is 1. The summed E-state index contributed by atoms with van der Waals surface area (Å²) in [5.74, 6) is -0.326. The summed E-state index contributed by atoms with van der Waals surface area (Å²) in [4.78, 5) is 14.2. The van der Waals surface area contributed by atoms with Crippen molar-refractivity contribution in [1.82, 2.24) is 4.98 Å². The number of aromatic nitrogens is 1. The maximum Gasteiger partial charge on any atom is 0.224 e. The summed E-state index contributed by atoms with van der Waals surface area (Å²) < 4.78 is 0. The lowest BCUT2D eigenvalue weighted by Crippen LogP contribution is -2.05. The lowest BCUT2D eigenvalue weighted by molar-refractivity contribution is -0.112. The highest BCUT2D eigenvalue weighted by Crippen LogP contribution is 2.00. The van der Waals surface area contributed by atoms with E-state index < -0.39 is 0 Å². The Morgan fingerprint density at radius 3 is 3.00 bits per heavy atom. The Kier molecular flexibility index (Phi) is 1.99. The molecule has 1 amide bonds. The number of carbonyl (C=O) groups is 1. The molecule has 0 spiro atoms. The van der Waals surface area contributed by atoms with Gasteiger partial charge in [-0.2, -0.15) is 0 Å². The summed E-state index contributed by atoms with van der Waals surface area (Å²) in [5.41, 5.74) is 0.669. The maximum atomic E-state index is 10.4. The van der Waals surface area contributed by atoms with Crippen molar-refractivity contribution >= 4 is 11.6 Å². The molecule has 0 aromatic carbocycles. The highest BCUT2D eigenvalue weighted by atomic mass is 16.1. The first-order valence-electron chi connectivity index (χ1n) is 2.82. The van der Waals surface area contributed by atoms with Gasteiger partial charge in [0.2, 0.25) is 5.91 Å². The van der Waals surface area contributed by atoms with E-state index in [0.29, 0.717) is 5.69 Å². The van der Waals surface area contributed by atoms with Crippen molar-refractivity contribution in [2.24, 2.45) is 0 Å². The minimum absolute atomic E-state index is 0.326. The zero-order valence-electron chi connectivity index (χ0n) is 5.37. The third kappa shape index (κ3) is 1.85. The average molecular weight is 135 g/mol. The SMILES string of the molecule is [CH2]C(=O)Nc1cccnc1. The van der Waals surface area contributed by atoms with Gasteiger partial charge in [-0.05, 0) is 12.1 Å². The fourth-order valence-corrected chi connectivity index (χ4v) is 0.598. The van der Waals surface area contributed by atoms with E-state index in [0.717, 1.165) is 0 Å². The molecule has 1 aromatic rings. The monoisotopic (exact) mass is 135 g/mol. The molecule has 0 fully saturated rings. The minimum Gasteiger partial charge on any atom is -0.325 e. The van der Waals surface area contributed by atoms with Crippen LogP contribution < -0.4 is 5.32 Å². The van der Waals surface area contributed by atoms with Crippen LogP contribution in [0.15, 0.2) is 24.5 Å². The smallest absolute Gasteiger partial charge is 0.224 e. The van der Waals surface area contributed by atoms with E-state index in [1.165, 1.54) is 0 Å². The normalized spacial score (nSPS) is 8.90. The van der Waals surface area contributed by atoms with Gasteiger partial charge in [-0.25, -0.2) is 0 Å². The summed E-state index contributed by atoms with van der Waals surface area (Å²) in [6.45, 7) is 3.16. The molecule has 1 heterocycles. The summed E-state index contributed by atoms with van der Waals surface area (Å²) in [6, 6.07) is 3.49. The van der Waals surface area contributed by atoms with Crippen molar-refractivity contribution < 1.29 is 4.79 Å². The molecule has 0 bridgehead atoms. The Labute approximate surface area is 59.1 Å². The second-order valence-electron chi connectivity index (χ2n) is 1.79. The van der Waals surface area contributed by atoms with Gasteiger partial charge in [0.15, 0.2) is 0 Å². The summed E-state index contributed by atoms with van der Waals surface area (Å²) in [6.07, 6.45) is 3.20. The zero-order chi connectivity index (χ0) is 7.40. The largest absolute Gasteiger partial charge is 0.325 e. The first kappa shape index (κ1) is 6.74. The van der Waals surface area contributed by atoms with Crippen molar-refractivity contribution in [1.29, 1.82) is 0 Å². The first-order valence-corrected chi connectivity index (χ1v) is 2.82. The molecule has 1 aromatic heterocycles. The molecule has 1 rings (SSSR count). The molecule has 3 heteroatoms. The van der Waals surface area contributed by atoms with Crippen LogP contribution in [0, 0.1) is 6.92 Å². The first-order chi connectivity index (χ1) is 4.79. The van der Waals surface area contributed by atoms with E-state index in [9.17, 15) is 4.79 Å². The quantitative estimate of drug-likeness (QED) is 0.620. The Bertz CT molecular complexity index is 220. The maximum absolute atomic E-state index is 10.4. The van der Waals surface area contributed by atoms with Gasteiger partial charge >= 0.3 is 0 Å². The van der Waals surface area contributed by atoms with Crippen LogP contribution in [0.25, 0.3) is 0 Å². The molecule has 0 saturated heterocycles. The number of rotatable bonds is 1. The predicted molar refractivity (Wildman–Crippen MR) is 38.2 cm³/mol. The van der Waals surface area contributed by atoms with Gasteiger partial charge < -0.3 is 5.32 Å². The van der Waals surface area contributed by atoms with E-state index in [-0.39, 0.29) is 5.91 Å². The highest BCUT2D eigenvalue weighted by Gasteiger charge is 1.91. The molecule has 51 valence electrons. The molecular formula is C7H7N2O. The Morgan fingerprint density at radius 1 is 1.70 bits per heavy atom. The zero-order valence-corrected chi connectivity index (χ0v) is 5.37. The molecule has 0 unspecified atom stereocenters. The second kappa shape index (κ2) is 2.96. The van der Waals surface area contributed by atoms with Gasteiger partial charge in [-0.15, -0.1) is 0 Å². The van der Waals surface area contributed by atoms with Gasteiger partial charge in [0, 0.05) is 13.1 Å². The lowest BCUT2D eigenvalue weighted by atomic mass is 10.4. The van der Waals surface area contributed by atoms with Gasteiger partial charge in [0.1, 0.15) is 0 Å². The highest BCUT2D eigenvalue weighted by molar-refractivity contribution is 5.93. The van der Waals surface area contributed by atoms with E-state index >= 15 is 0 Å². The number of pyridine rings is 1. The summed E-state index contributed by atoms with van der Waals surface area (Å²) in [7, 11) is 0. The van der Waals surface area contributed by atoms with Crippen LogP contribution in [0.3, 0.4) is 0 Å². The van der Waals surface area contributed by atoms with E-state index in [1.807, 2.05) is 0 Å². The third-order valence-electron chi connectivity index (χ3n) is 0.945. The minimum atomic E-state index is -0.326. The molecule has 0 aliphatic carbocycles. The fourth-order valence-electron chi connectivity index (χ4n) is 0.598. The molecule has 0 aliphatic heterocycles. The Balaban J connectivity index is 2.67. The van der Waals surface area contributed by atoms with E-state index in [2.05, 4.69) is 17.2 Å². The van der Waals surface area contributed by atoms with Crippen LogP contribution in [0.2, 0.25) is 0 Å². The lowest BCUT2D eigenvalue weighted by Gasteiger charge is -1.97. The van der Waals surface area contributed by atoms with Crippen LogP contribution in [-0.4, -0.2) is 10.9 Å². The standard InChI is InChI=1S/C7H7N2O/c1-6(10)9-7-3-2-4-8-5-7/h2-5H,1H2,(H,9,10). The number of hydrogen-bond donors (Lipinski definition) is 1. The van der Waals surface area contributed by atoms with Gasteiger partial charge in [0.05, 0.1) is 11.9 Å². The summed E-state index contributed by atoms with van der Waals surface area (Å²) in [5, 5.41) is 2.49. The van der Waals surface area contributed by atoms with Gasteiger partial charge in [-0.1, -0.05) is 0 Å². The molecule has 0 aliphatic rings. The van der Waals surface area contributed by atoms with Crippen LogP contribution in [0.4, 0.5) is 5.69 Å². The third-order valence-corrected chi connectivity index (χ3v) is 0.945. The van der Waals surface area contributed by atoms with Crippen LogP contribution in [-0.2, 0) is 4.79 Å². The molecule has 0 atom stereocenters. The number of nitrogens with one attached hydrogen (secondary N) is 1. The van der Waals surface area contributed by atoms with Crippen LogP contribution in [0.5, 0.6) is 0 Å². The topological polar surface area (TPSA) is 42.0 Å². The number of carbonyl (C=O) groups excluding carboxylic acids is 1. The van der Waals surface area contributed by atoms with Crippen LogP contribution in [0.1, 0.15) is 0 Å². The molecule has 1 N–H and O–H groups in total.